The lowest BCUT2D eigenvalue weighted by molar-refractivity contribution is 0.470. The van der Waals surface area contributed by atoms with Gasteiger partial charge < -0.3 is 10.1 Å². The molecule has 0 heterocycles. The van der Waals surface area contributed by atoms with Crippen molar-refractivity contribution in [1.82, 2.24) is 5.32 Å². The van der Waals surface area contributed by atoms with Crippen LogP contribution >= 0.6 is 34.8 Å². The summed E-state index contributed by atoms with van der Waals surface area (Å²) in [6.45, 7) is 4.82. The van der Waals surface area contributed by atoms with Crippen LogP contribution in [0.15, 0.2) is 36.4 Å². The Balaban J connectivity index is 2.28. The molecule has 0 radical (unpaired) electrons. The highest BCUT2D eigenvalue weighted by atomic mass is 35.5. The Morgan fingerprint density at radius 1 is 1.05 bits per heavy atom. The number of benzene rings is 2. The molecular formula is C16H16Cl3NO. The third kappa shape index (κ3) is 4.52. The van der Waals surface area contributed by atoms with Gasteiger partial charge in [0.15, 0.2) is 0 Å². The van der Waals surface area contributed by atoms with Crippen LogP contribution in [0.2, 0.25) is 15.1 Å². The van der Waals surface area contributed by atoms with E-state index in [4.69, 9.17) is 39.5 Å². The van der Waals surface area contributed by atoms with E-state index in [9.17, 15) is 0 Å². The van der Waals surface area contributed by atoms with Crippen molar-refractivity contribution in [3.63, 3.8) is 0 Å². The molecule has 0 bridgehead atoms. The molecule has 0 amide bonds. The maximum absolute atomic E-state index is 6.16. The summed E-state index contributed by atoms with van der Waals surface area (Å²) >= 11 is 18.2. The van der Waals surface area contributed by atoms with E-state index < -0.39 is 0 Å². The molecule has 0 saturated carbocycles. The molecule has 112 valence electrons. The van der Waals surface area contributed by atoms with Gasteiger partial charge in [-0.2, -0.15) is 0 Å². The Morgan fingerprint density at radius 3 is 2.52 bits per heavy atom. The molecule has 0 fully saturated rings. The Kier molecular flexibility index (Phi) is 5.77. The Labute approximate surface area is 140 Å². The first-order valence-corrected chi connectivity index (χ1v) is 7.74. The number of halogens is 3. The van der Waals surface area contributed by atoms with Crippen molar-refractivity contribution in [3.05, 3.63) is 57.0 Å². The number of nitrogens with one attached hydrogen (secondary N) is 1. The van der Waals surface area contributed by atoms with Gasteiger partial charge in [0, 0.05) is 23.2 Å². The second kappa shape index (κ2) is 7.37. The second-order valence-corrected chi connectivity index (χ2v) is 6.16. The van der Waals surface area contributed by atoms with Crippen LogP contribution in [-0.2, 0) is 6.54 Å². The highest BCUT2D eigenvalue weighted by molar-refractivity contribution is 6.42. The van der Waals surface area contributed by atoms with Gasteiger partial charge in [0.1, 0.15) is 16.5 Å². The SMILES string of the molecule is CC(C)NCc1cc(Cl)ccc1Oc1cccc(Cl)c1Cl. The first-order chi connectivity index (χ1) is 9.97. The van der Waals surface area contributed by atoms with Gasteiger partial charge >= 0.3 is 0 Å². The molecule has 2 rings (SSSR count). The minimum atomic E-state index is 0.367. The molecule has 5 heteroatoms. The number of hydrogen-bond acceptors (Lipinski definition) is 2. The molecule has 0 aliphatic carbocycles. The van der Waals surface area contributed by atoms with E-state index in [1.165, 1.54) is 0 Å². The summed E-state index contributed by atoms with van der Waals surface area (Å²) in [6.07, 6.45) is 0. The highest BCUT2D eigenvalue weighted by Crippen LogP contribution is 2.36. The van der Waals surface area contributed by atoms with Crippen LogP contribution in [0.5, 0.6) is 11.5 Å². The largest absolute Gasteiger partial charge is 0.455 e. The average Bonchev–Trinajstić information content (AvgIpc) is 2.43. The van der Waals surface area contributed by atoms with E-state index in [-0.39, 0.29) is 0 Å². The summed E-state index contributed by atoms with van der Waals surface area (Å²) in [5.74, 6) is 1.23. The zero-order valence-corrected chi connectivity index (χ0v) is 14.1. The second-order valence-electron chi connectivity index (χ2n) is 4.94. The van der Waals surface area contributed by atoms with E-state index in [2.05, 4.69) is 19.2 Å². The summed E-state index contributed by atoms with van der Waals surface area (Å²) in [5.41, 5.74) is 0.965. The van der Waals surface area contributed by atoms with Crippen LogP contribution in [-0.4, -0.2) is 6.04 Å². The van der Waals surface area contributed by atoms with Gasteiger partial charge in [0.05, 0.1) is 5.02 Å². The molecule has 0 unspecified atom stereocenters. The molecule has 0 spiro atoms. The average molecular weight is 345 g/mol. The van der Waals surface area contributed by atoms with E-state index in [0.29, 0.717) is 39.2 Å². The maximum atomic E-state index is 6.16. The number of ether oxygens (including phenoxy) is 1. The number of hydrogen-bond donors (Lipinski definition) is 1. The first-order valence-electron chi connectivity index (χ1n) is 6.61. The van der Waals surface area contributed by atoms with Crippen molar-refractivity contribution in [2.24, 2.45) is 0 Å². The molecule has 1 N–H and O–H groups in total. The predicted molar refractivity (Wildman–Crippen MR) is 90.0 cm³/mol. The quantitative estimate of drug-likeness (QED) is 0.725. The van der Waals surface area contributed by atoms with Crippen molar-refractivity contribution in [1.29, 1.82) is 0 Å². The molecule has 0 aliphatic heterocycles. The first kappa shape index (κ1) is 16.4. The Hall–Kier alpha value is -0.930. The standard InChI is InChI=1S/C16H16Cl3NO/c1-10(2)20-9-11-8-12(17)6-7-14(11)21-15-5-3-4-13(18)16(15)19/h3-8,10,20H,9H2,1-2H3. The molecule has 0 aliphatic rings. The molecule has 0 atom stereocenters. The van der Waals surface area contributed by atoms with Gasteiger partial charge in [0.25, 0.3) is 0 Å². The van der Waals surface area contributed by atoms with Crippen LogP contribution in [0.25, 0.3) is 0 Å². The lowest BCUT2D eigenvalue weighted by Gasteiger charge is -2.15. The lowest BCUT2D eigenvalue weighted by Crippen LogP contribution is -2.22. The maximum Gasteiger partial charge on any atom is 0.147 e. The lowest BCUT2D eigenvalue weighted by atomic mass is 10.2. The van der Waals surface area contributed by atoms with E-state index in [1.807, 2.05) is 12.1 Å². The van der Waals surface area contributed by atoms with Crippen LogP contribution < -0.4 is 10.1 Å². The summed E-state index contributed by atoms with van der Waals surface area (Å²) in [6, 6.07) is 11.2. The summed E-state index contributed by atoms with van der Waals surface area (Å²) in [5, 5.41) is 4.87. The van der Waals surface area contributed by atoms with Crippen molar-refractivity contribution < 1.29 is 4.74 Å². The van der Waals surface area contributed by atoms with Crippen molar-refractivity contribution in [2.45, 2.75) is 26.4 Å². The smallest absolute Gasteiger partial charge is 0.147 e. The van der Waals surface area contributed by atoms with Crippen LogP contribution in [0.4, 0.5) is 0 Å². The van der Waals surface area contributed by atoms with Gasteiger partial charge in [-0.3, -0.25) is 0 Å². The van der Waals surface area contributed by atoms with Crippen LogP contribution in [0, 0.1) is 0 Å². The fourth-order valence-corrected chi connectivity index (χ4v) is 2.31. The third-order valence-corrected chi connectivity index (χ3v) is 3.90. The molecular weight excluding hydrogens is 329 g/mol. The molecule has 2 nitrogen and oxygen atoms in total. The predicted octanol–water partition coefficient (Wildman–Crippen LogP) is 5.94. The highest BCUT2D eigenvalue weighted by Gasteiger charge is 2.10. The van der Waals surface area contributed by atoms with Crippen molar-refractivity contribution >= 4 is 34.8 Å². The summed E-state index contributed by atoms with van der Waals surface area (Å²) in [4.78, 5) is 0. The summed E-state index contributed by atoms with van der Waals surface area (Å²) < 4.78 is 5.89. The normalized spacial score (nSPS) is 11.0. The molecule has 0 saturated heterocycles. The Morgan fingerprint density at radius 2 is 1.81 bits per heavy atom. The molecule has 0 aromatic heterocycles. The minimum absolute atomic E-state index is 0.367. The van der Waals surface area contributed by atoms with Gasteiger partial charge in [-0.15, -0.1) is 0 Å². The van der Waals surface area contributed by atoms with Gasteiger partial charge in [-0.1, -0.05) is 54.7 Å². The summed E-state index contributed by atoms with van der Waals surface area (Å²) in [7, 11) is 0. The number of rotatable bonds is 5. The zero-order valence-electron chi connectivity index (χ0n) is 11.8. The zero-order chi connectivity index (χ0) is 15.4. The Bertz CT molecular complexity index is 629. The fourth-order valence-electron chi connectivity index (χ4n) is 1.78. The van der Waals surface area contributed by atoms with Gasteiger partial charge in [0.2, 0.25) is 0 Å². The van der Waals surface area contributed by atoms with Crippen molar-refractivity contribution in [3.8, 4) is 11.5 Å². The molecule has 21 heavy (non-hydrogen) atoms. The van der Waals surface area contributed by atoms with Crippen LogP contribution in [0.1, 0.15) is 19.4 Å². The monoisotopic (exact) mass is 343 g/mol. The topological polar surface area (TPSA) is 21.3 Å². The van der Waals surface area contributed by atoms with Crippen LogP contribution in [0.3, 0.4) is 0 Å². The molecule has 2 aromatic rings. The van der Waals surface area contributed by atoms with E-state index >= 15 is 0 Å². The van der Waals surface area contributed by atoms with Crippen molar-refractivity contribution in [2.75, 3.05) is 0 Å². The van der Waals surface area contributed by atoms with E-state index in [1.54, 1.807) is 24.3 Å². The fraction of sp³-hybridized carbons (Fsp3) is 0.250. The van der Waals surface area contributed by atoms with Gasteiger partial charge in [-0.25, -0.2) is 0 Å². The molecule has 2 aromatic carbocycles. The third-order valence-electron chi connectivity index (χ3n) is 2.86. The van der Waals surface area contributed by atoms with E-state index in [0.717, 1.165) is 5.56 Å². The minimum Gasteiger partial charge on any atom is -0.455 e. The van der Waals surface area contributed by atoms with Gasteiger partial charge in [-0.05, 0) is 30.3 Å².